The fourth-order valence-electron chi connectivity index (χ4n) is 5.51. The normalized spacial score (nSPS) is 25.6. The second kappa shape index (κ2) is 6.60. The first-order valence-electron chi connectivity index (χ1n) is 10.5. The fraction of sp³-hybridized carbons (Fsp3) is 0.348. The Morgan fingerprint density at radius 1 is 1.19 bits per heavy atom. The van der Waals surface area contributed by atoms with Gasteiger partial charge >= 0.3 is 0 Å². The van der Waals surface area contributed by atoms with Crippen molar-refractivity contribution in [3.8, 4) is 0 Å². The van der Waals surface area contributed by atoms with E-state index >= 15 is 0 Å². The summed E-state index contributed by atoms with van der Waals surface area (Å²) in [5, 5.41) is 7.64. The van der Waals surface area contributed by atoms with Gasteiger partial charge in [-0.3, -0.25) is 4.79 Å². The molecule has 0 bridgehead atoms. The molecule has 5 atom stereocenters. The van der Waals surface area contributed by atoms with Crippen molar-refractivity contribution in [2.75, 3.05) is 5.32 Å². The van der Waals surface area contributed by atoms with E-state index in [9.17, 15) is 13.6 Å². The van der Waals surface area contributed by atoms with Gasteiger partial charge in [0.15, 0.2) is 17.2 Å². The molecule has 2 aliphatic rings. The Balaban J connectivity index is 1.13. The Kier molecular flexibility index (Phi) is 3.94. The first-order chi connectivity index (χ1) is 15.0. The lowest BCUT2D eigenvalue weighted by Gasteiger charge is -2.20. The van der Waals surface area contributed by atoms with Crippen molar-refractivity contribution in [3.05, 3.63) is 54.5 Å². The lowest BCUT2D eigenvalue weighted by molar-refractivity contribution is -0.120. The van der Waals surface area contributed by atoms with Crippen molar-refractivity contribution in [1.29, 1.82) is 0 Å². The molecule has 2 heterocycles. The average molecular weight is 422 g/mol. The van der Waals surface area contributed by atoms with Gasteiger partial charge in [-0.15, -0.1) is 0 Å². The summed E-state index contributed by atoms with van der Waals surface area (Å²) >= 11 is 0. The molecule has 2 fully saturated rings. The minimum Gasteiger partial charge on any atom is -0.356 e. The third-order valence-electron chi connectivity index (χ3n) is 7.11. The Bertz CT molecular complexity index is 1320. The molecule has 4 aromatic rings. The van der Waals surface area contributed by atoms with Crippen LogP contribution < -0.4 is 5.32 Å². The number of carbonyl (C=O) groups excluding carboxylic acids is 1. The van der Waals surface area contributed by atoms with Crippen LogP contribution in [-0.4, -0.2) is 20.6 Å². The van der Waals surface area contributed by atoms with E-state index in [-0.39, 0.29) is 17.9 Å². The van der Waals surface area contributed by atoms with Gasteiger partial charge in [0.2, 0.25) is 5.91 Å². The number of carbonyl (C=O) groups is 1. The monoisotopic (exact) mass is 422 g/mol. The predicted octanol–water partition coefficient (Wildman–Crippen LogP) is 4.93. The van der Waals surface area contributed by atoms with Crippen LogP contribution in [0.4, 0.5) is 14.5 Å². The Morgan fingerprint density at radius 2 is 1.97 bits per heavy atom. The smallest absolute Gasteiger partial charge is 0.227 e. The van der Waals surface area contributed by atoms with Crippen molar-refractivity contribution in [3.63, 3.8) is 0 Å². The Labute approximate surface area is 176 Å². The van der Waals surface area contributed by atoms with Gasteiger partial charge in [0.1, 0.15) is 0 Å². The topological polar surface area (TPSA) is 73.0 Å². The molecule has 0 radical (unpaired) electrons. The highest BCUT2D eigenvalue weighted by molar-refractivity contribution is 5.94. The number of amides is 1. The standard InChI is InChI=1S/C23H20F2N4O2/c1-11(23(30)28-13-3-2-12-9-27-31-21(12)4-13)22-15-5-14(6-16(15)22)29-10-26-19-7-17(24)18(25)8-20(19)29/h2-4,7-11,14-16,22H,5-6H2,1H3,(H,28,30)/t11?,14?,15-,16+,22?. The molecule has 1 N–H and O–H groups in total. The number of rotatable bonds is 4. The largest absolute Gasteiger partial charge is 0.356 e. The Hall–Kier alpha value is -3.29. The number of hydrogen-bond donors (Lipinski definition) is 1. The van der Waals surface area contributed by atoms with E-state index in [0.29, 0.717) is 40.1 Å². The summed E-state index contributed by atoms with van der Waals surface area (Å²) < 4.78 is 34.3. The molecule has 0 saturated heterocycles. The van der Waals surface area contributed by atoms with Crippen LogP contribution in [0.1, 0.15) is 25.8 Å². The molecule has 0 spiro atoms. The molecule has 2 saturated carbocycles. The number of hydrogen-bond acceptors (Lipinski definition) is 4. The summed E-state index contributed by atoms with van der Waals surface area (Å²) in [6.45, 7) is 1.98. The molecule has 2 aliphatic carbocycles. The summed E-state index contributed by atoms with van der Waals surface area (Å²) in [4.78, 5) is 17.0. The van der Waals surface area contributed by atoms with E-state index in [1.165, 1.54) is 6.07 Å². The number of imidazole rings is 1. The van der Waals surface area contributed by atoms with Crippen molar-refractivity contribution < 1.29 is 18.1 Å². The lowest BCUT2D eigenvalue weighted by Crippen LogP contribution is -2.24. The molecule has 8 heteroatoms. The zero-order chi connectivity index (χ0) is 21.3. The van der Waals surface area contributed by atoms with Crippen LogP contribution >= 0.6 is 0 Å². The van der Waals surface area contributed by atoms with Crippen molar-refractivity contribution in [1.82, 2.24) is 14.7 Å². The number of fused-ring (bicyclic) bond motifs is 3. The molecule has 6 nitrogen and oxygen atoms in total. The van der Waals surface area contributed by atoms with Crippen LogP contribution in [0.5, 0.6) is 0 Å². The average Bonchev–Trinajstić information content (AvgIpc) is 3.18. The highest BCUT2D eigenvalue weighted by atomic mass is 19.2. The van der Waals surface area contributed by atoms with Crippen LogP contribution in [0, 0.1) is 35.3 Å². The van der Waals surface area contributed by atoms with E-state index in [2.05, 4.69) is 15.5 Å². The molecule has 2 aromatic carbocycles. The molecule has 6 rings (SSSR count). The van der Waals surface area contributed by atoms with Crippen molar-refractivity contribution in [2.45, 2.75) is 25.8 Å². The van der Waals surface area contributed by atoms with E-state index in [1.54, 1.807) is 18.6 Å². The molecule has 3 unspecified atom stereocenters. The van der Waals surface area contributed by atoms with Crippen LogP contribution in [-0.2, 0) is 4.79 Å². The highest BCUT2D eigenvalue weighted by Crippen LogP contribution is 2.64. The summed E-state index contributed by atoms with van der Waals surface area (Å²) in [5.41, 5.74) is 2.42. The molecular weight excluding hydrogens is 402 g/mol. The number of nitrogens with one attached hydrogen (secondary N) is 1. The second-order valence-electron chi connectivity index (χ2n) is 8.79. The van der Waals surface area contributed by atoms with Crippen molar-refractivity contribution in [2.24, 2.45) is 23.7 Å². The SMILES string of the molecule is CC(C(=O)Nc1ccc2cnoc2c1)C1[C@H]2CC(n3cnc4cc(F)c(F)cc43)C[C@@H]12. The van der Waals surface area contributed by atoms with Gasteiger partial charge in [0, 0.05) is 41.2 Å². The van der Waals surface area contributed by atoms with E-state index in [4.69, 9.17) is 4.52 Å². The summed E-state index contributed by atoms with van der Waals surface area (Å²) in [5.74, 6) is -0.573. The van der Waals surface area contributed by atoms with Gasteiger partial charge in [-0.05, 0) is 42.7 Å². The second-order valence-corrected chi connectivity index (χ2v) is 8.79. The molecular formula is C23H20F2N4O2. The zero-order valence-corrected chi connectivity index (χ0v) is 16.8. The van der Waals surface area contributed by atoms with E-state index in [0.717, 1.165) is 24.3 Å². The van der Waals surface area contributed by atoms with Crippen LogP contribution in [0.3, 0.4) is 0 Å². The van der Waals surface area contributed by atoms with Crippen LogP contribution in [0.15, 0.2) is 47.4 Å². The molecule has 31 heavy (non-hydrogen) atoms. The van der Waals surface area contributed by atoms with Gasteiger partial charge in [0.05, 0.1) is 23.6 Å². The van der Waals surface area contributed by atoms with E-state index < -0.39 is 11.6 Å². The lowest BCUT2D eigenvalue weighted by atomic mass is 9.96. The number of halogens is 2. The predicted molar refractivity (Wildman–Crippen MR) is 110 cm³/mol. The number of anilines is 1. The highest BCUT2D eigenvalue weighted by Gasteiger charge is 2.59. The third kappa shape index (κ3) is 2.92. The number of nitrogens with zero attached hydrogens (tertiary/aromatic N) is 3. The first kappa shape index (κ1) is 18.5. The van der Waals surface area contributed by atoms with Gasteiger partial charge in [0.25, 0.3) is 0 Å². The van der Waals surface area contributed by atoms with Gasteiger partial charge < -0.3 is 14.4 Å². The zero-order valence-electron chi connectivity index (χ0n) is 16.8. The molecule has 1 amide bonds. The van der Waals surface area contributed by atoms with Crippen molar-refractivity contribution >= 4 is 33.6 Å². The van der Waals surface area contributed by atoms with E-state index in [1.807, 2.05) is 23.6 Å². The first-order valence-corrected chi connectivity index (χ1v) is 10.5. The molecule has 2 aromatic heterocycles. The summed E-state index contributed by atoms with van der Waals surface area (Å²) in [6.07, 6.45) is 5.15. The minimum absolute atomic E-state index is 0.000409. The maximum Gasteiger partial charge on any atom is 0.227 e. The minimum atomic E-state index is -0.880. The quantitative estimate of drug-likeness (QED) is 0.506. The van der Waals surface area contributed by atoms with Crippen LogP contribution in [0.25, 0.3) is 22.0 Å². The fourth-order valence-corrected chi connectivity index (χ4v) is 5.51. The van der Waals surface area contributed by atoms with Crippen LogP contribution in [0.2, 0.25) is 0 Å². The molecule has 158 valence electrons. The maximum atomic E-state index is 13.7. The van der Waals surface area contributed by atoms with Gasteiger partial charge in [-0.2, -0.15) is 0 Å². The third-order valence-corrected chi connectivity index (χ3v) is 7.11. The Morgan fingerprint density at radius 3 is 2.77 bits per heavy atom. The summed E-state index contributed by atoms with van der Waals surface area (Å²) in [6, 6.07) is 8.06. The number of benzene rings is 2. The number of aromatic nitrogens is 3. The van der Waals surface area contributed by atoms with Gasteiger partial charge in [-0.1, -0.05) is 12.1 Å². The summed E-state index contributed by atoms with van der Waals surface area (Å²) in [7, 11) is 0. The molecule has 0 aliphatic heterocycles. The maximum absolute atomic E-state index is 13.7. The van der Waals surface area contributed by atoms with Gasteiger partial charge in [-0.25, -0.2) is 13.8 Å².